The summed E-state index contributed by atoms with van der Waals surface area (Å²) in [6.07, 6.45) is 1.55. The van der Waals surface area contributed by atoms with Crippen LogP contribution in [0.2, 0.25) is 5.02 Å². The van der Waals surface area contributed by atoms with Gasteiger partial charge in [-0.15, -0.1) is 0 Å². The highest BCUT2D eigenvalue weighted by Crippen LogP contribution is 2.19. The maximum Gasteiger partial charge on any atom is 0.239 e. The second kappa shape index (κ2) is 6.64. The largest absolute Gasteiger partial charge is 0.467 e. The van der Waals surface area contributed by atoms with Gasteiger partial charge in [-0.05, 0) is 30.3 Å². The lowest BCUT2D eigenvalue weighted by Gasteiger charge is -2.08. The normalized spacial score (nSPS) is 9.80. The molecule has 1 aromatic carbocycles. The average molecular weight is 290 g/mol. The van der Waals surface area contributed by atoms with Crippen LogP contribution in [-0.2, 0) is 11.3 Å². The fourth-order valence-electron chi connectivity index (χ4n) is 1.60. The standard InChI is InChI=1S/C14H12ClN3O2/c15-11-3-4-13(10(6-11)7-16)17-9-14(19)18-8-12-2-1-5-20-12/h1-6,17H,8-9H2,(H,18,19). The van der Waals surface area contributed by atoms with Crippen LogP contribution < -0.4 is 10.6 Å². The zero-order valence-electron chi connectivity index (χ0n) is 10.5. The minimum atomic E-state index is -0.194. The molecule has 5 nitrogen and oxygen atoms in total. The Morgan fingerprint density at radius 1 is 1.40 bits per heavy atom. The van der Waals surface area contributed by atoms with Gasteiger partial charge in [0.1, 0.15) is 11.8 Å². The lowest BCUT2D eigenvalue weighted by Crippen LogP contribution is -2.29. The van der Waals surface area contributed by atoms with Crippen molar-refractivity contribution in [1.29, 1.82) is 5.26 Å². The molecule has 0 bridgehead atoms. The average Bonchev–Trinajstić information content (AvgIpc) is 2.97. The lowest BCUT2D eigenvalue weighted by molar-refractivity contribution is -0.119. The van der Waals surface area contributed by atoms with E-state index in [1.54, 1.807) is 36.6 Å². The maximum absolute atomic E-state index is 11.7. The summed E-state index contributed by atoms with van der Waals surface area (Å²) in [5.74, 6) is 0.489. The van der Waals surface area contributed by atoms with E-state index in [1.165, 1.54) is 0 Å². The third-order valence-electron chi connectivity index (χ3n) is 2.58. The number of carbonyl (C=O) groups is 1. The fourth-order valence-corrected chi connectivity index (χ4v) is 1.77. The number of nitrogens with zero attached hydrogens (tertiary/aromatic N) is 1. The third kappa shape index (κ3) is 3.77. The van der Waals surface area contributed by atoms with Gasteiger partial charge in [0, 0.05) is 5.02 Å². The van der Waals surface area contributed by atoms with Crippen LogP contribution in [0.25, 0.3) is 0 Å². The molecule has 0 atom stereocenters. The first-order valence-corrected chi connectivity index (χ1v) is 6.29. The second-order valence-electron chi connectivity index (χ2n) is 4.01. The third-order valence-corrected chi connectivity index (χ3v) is 2.82. The molecule has 1 aromatic heterocycles. The van der Waals surface area contributed by atoms with Crippen molar-refractivity contribution in [3.05, 3.63) is 52.9 Å². The summed E-state index contributed by atoms with van der Waals surface area (Å²) in [7, 11) is 0. The highest BCUT2D eigenvalue weighted by Gasteiger charge is 2.06. The van der Waals surface area contributed by atoms with Crippen molar-refractivity contribution >= 4 is 23.2 Å². The maximum atomic E-state index is 11.7. The number of benzene rings is 1. The number of amides is 1. The molecule has 0 fully saturated rings. The molecule has 0 unspecified atom stereocenters. The van der Waals surface area contributed by atoms with Gasteiger partial charge in [0.25, 0.3) is 0 Å². The molecule has 1 amide bonds. The Bertz CT molecular complexity index is 632. The van der Waals surface area contributed by atoms with E-state index in [0.717, 1.165) is 0 Å². The number of carbonyl (C=O) groups excluding carboxylic acids is 1. The van der Waals surface area contributed by atoms with E-state index >= 15 is 0 Å². The van der Waals surface area contributed by atoms with Crippen molar-refractivity contribution in [3.63, 3.8) is 0 Å². The molecule has 6 heteroatoms. The van der Waals surface area contributed by atoms with Crippen molar-refractivity contribution in [2.24, 2.45) is 0 Å². The minimum Gasteiger partial charge on any atom is -0.467 e. The van der Waals surface area contributed by atoms with Gasteiger partial charge in [0.15, 0.2) is 0 Å². The summed E-state index contributed by atoms with van der Waals surface area (Å²) < 4.78 is 5.10. The van der Waals surface area contributed by atoms with Gasteiger partial charge in [-0.1, -0.05) is 11.6 Å². The lowest BCUT2D eigenvalue weighted by atomic mass is 10.2. The smallest absolute Gasteiger partial charge is 0.239 e. The van der Waals surface area contributed by atoms with E-state index in [2.05, 4.69) is 10.6 Å². The van der Waals surface area contributed by atoms with Gasteiger partial charge in [-0.2, -0.15) is 5.26 Å². The van der Waals surface area contributed by atoms with Crippen LogP contribution in [0.3, 0.4) is 0 Å². The zero-order chi connectivity index (χ0) is 14.4. The van der Waals surface area contributed by atoms with Crippen LogP contribution in [0.1, 0.15) is 11.3 Å². The molecule has 0 radical (unpaired) electrons. The first-order chi connectivity index (χ1) is 9.69. The number of halogens is 1. The fraction of sp³-hybridized carbons (Fsp3) is 0.143. The van der Waals surface area contributed by atoms with Gasteiger partial charge in [-0.3, -0.25) is 4.79 Å². The Morgan fingerprint density at radius 3 is 2.95 bits per heavy atom. The van der Waals surface area contributed by atoms with E-state index in [0.29, 0.717) is 28.6 Å². The molecular weight excluding hydrogens is 278 g/mol. The Kier molecular flexibility index (Phi) is 4.64. The SMILES string of the molecule is N#Cc1cc(Cl)ccc1NCC(=O)NCc1ccco1. The molecule has 20 heavy (non-hydrogen) atoms. The van der Waals surface area contributed by atoms with Gasteiger partial charge in [-0.25, -0.2) is 0 Å². The van der Waals surface area contributed by atoms with Crippen LogP contribution in [0.4, 0.5) is 5.69 Å². The summed E-state index contributed by atoms with van der Waals surface area (Å²) in [6.45, 7) is 0.399. The molecule has 0 saturated heterocycles. The highest BCUT2D eigenvalue weighted by molar-refractivity contribution is 6.30. The van der Waals surface area contributed by atoms with E-state index in [4.69, 9.17) is 21.3 Å². The number of furan rings is 1. The Hall–Kier alpha value is -2.45. The molecule has 2 rings (SSSR count). The topological polar surface area (TPSA) is 78.1 Å². The van der Waals surface area contributed by atoms with Crippen LogP contribution >= 0.6 is 11.6 Å². The molecule has 2 aromatic rings. The second-order valence-corrected chi connectivity index (χ2v) is 4.45. The molecule has 0 aliphatic heterocycles. The number of anilines is 1. The van der Waals surface area contributed by atoms with E-state index < -0.39 is 0 Å². The van der Waals surface area contributed by atoms with Crippen molar-refractivity contribution in [2.75, 3.05) is 11.9 Å². The first-order valence-electron chi connectivity index (χ1n) is 5.91. The number of hydrogen-bond acceptors (Lipinski definition) is 4. The van der Waals surface area contributed by atoms with E-state index in [1.807, 2.05) is 6.07 Å². The Balaban J connectivity index is 1.86. The van der Waals surface area contributed by atoms with Crippen LogP contribution in [-0.4, -0.2) is 12.5 Å². The molecule has 0 saturated carbocycles. The Labute approximate surface area is 121 Å². The highest BCUT2D eigenvalue weighted by atomic mass is 35.5. The van der Waals surface area contributed by atoms with E-state index in [-0.39, 0.29) is 12.5 Å². The minimum absolute atomic E-state index is 0.0665. The number of hydrogen-bond donors (Lipinski definition) is 2. The summed E-state index contributed by atoms with van der Waals surface area (Å²) in [6, 6.07) is 10.4. The summed E-state index contributed by atoms with van der Waals surface area (Å²) in [5.41, 5.74) is 0.974. The number of nitrogens with one attached hydrogen (secondary N) is 2. The van der Waals surface area contributed by atoms with Crippen LogP contribution in [0.15, 0.2) is 41.0 Å². The summed E-state index contributed by atoms with van der Waals surface area (Å²) >= 11 is 5.80. The molecule has 0 aliphatic carbocycles. The monoisotopic (exact) mass is 289 g/mol. The zero-order valence-corrected chi connectivity index (χ0v) is 11.3. The molecule has 102 valence electrons. The van der Waals surface area contributed by atoms with Gasteiger partial charge >= 0.3 is 0 Å². The number of rotatable bonds is 5. The molecule has 1 heterocycles. The van der Waals surface area contributed by atoms with Crippen LogP contribution in [0, 0.1) is 11.3 Å². The van der Waals surface area contributed by atoms with Crippen molar-refractivity contribution in [1.82, 2.24) is 5.32 Å². The summed E-state index contributed by atoms with van der Waals surface area (Å²) in [5, 5.41) is 15.1. The quantitative estimate of drug-likeness (QED) is 0.886. The summed E-state index contributed by atoms with van der Waals surface area (Å²) in [4.78, 5) is 11.7. The van der Waals surface area contributed by atoms with Crippen LogP contribution in [0.5, 0.6) is 0 Å². The van der Waals surface area contributed by atoms with Gasteiger partial charge in [0.05, 0.1) is 30.6 Å². The first kappa shape index (κ1) is 14.0. The predicted molar refractivity (Wildman–Crippen MR) is 75.2 cm³/mol. The van der Waals surface area contributed by atoms with Crippen molar-refractivity contribution < 1.29 is 9.21 Å². The molecule has 0 aliphatic rings. The molecule has 0 spiro atoms. The number of nitriles is 1. The Morgan fingerprint density at radius 2 is 2.25 bits per heavy atom. The molecule has 2 N–H and O–H groups in total. The van der Waals surface area contributed by atoms with Crippen molar-refractivity contribution in [2.45, 2.75) is 6.54 Å². The molecular formula is C14H12ClN3O2. The van der Waals surface area contributed by atoms with Gasteiger partial charge < -0.3 is 15.1 Å². The van der Waals surface area contributed by atoms with Gasteiger partial charge in [0.2, 0.25) is 5.91 Å². The van der Waals surface area contributed by atoms with Crippen molar-refractivity contribution in [3.8, 4) is 6.07 Å². The van der Waals surface area contributed by atoms with E-state index in [9.17, 15) is 4.79 Å². The predicted octanol–water partition coefficient (Wildman–Crippen LogP) is 2.53.